The number of hydrogen-bond donors (Lipinski definition) is 1. The first-order valence-electron chi connectivity index (χ1n) is 6.83. The van der Waals surface area contributed by atoms with Crippen LogP contribution in [0.5, 0.6) is 0 Å². The first-order valence-corrected chi connectivity index (χ1v) is 8.02. The Kier molecular flexibility index (Phi) is 3.87. The third-order valence-corrected chi connectivity index (χ3v) is 4.75. The van der Waals surface area contributed by atoms with Crippen molar-refractivity contribution in [3.63, 3.8) is 0 Å². The SMILES string of the molecule is Cc1nc(N)sc1C(=O)N(Cc1ccc(Cl)cc1)C1CC1. The summed E-state index contributed by atoms with van der Waals surface area (Å²) in [6, 6.07) is 7.94. The summed E-state index contributed by atoms with van der Waals surface area (Å²) in [5, 5.41) is 1.15. The lowest BCUT2D eigenvalue weighted by atomic mass is 10.2. The van der Waals surface area contributed by atoms with Crippen molar-refractivity contribution in [1.82, 2.24) is 9.88 Å². The fourth-order valence-electron chi connectivity index (χ4n) is 2.29. The standard InChI is InChI=1S/C15H16ClN3OS/c1-9-13(21-15(17)18-9)14(20)19(12-6-7-12)8-10-2-4-11(16)5-3-10/h2-5,12H,6-8H2,1H3,(H2,17,18). The van der Waals surface area contributed by atoms with Gasteiger partial charge >= 0.3 is 0 Å². The number of carbonyl (C=O) groups is 1. The van der Waals surface area contributed by atoms with E-state index in [1.165, 1.54) is 11.3 Å². The highest BCUT2D eigenvalue weighted by Gasteiger charge is 2.34. The van der Waals surface area contributed by atoms with Crippen molar-refractivity contribution < 1.29 is 4.79 Å². The van der Waals surface area contributed by atoms with Gasteiger partial charge in [-0.25, -0.2) is 4.98 Å². The molecule has 4 nitrogen and oxygen atoms in total. The lowest BCUT2D eigenvalue weighted by molar-refractivity contribution is 0.0734. The second-order valence-corrected chi connectivity index (χ2v) is 6.72. The summed E-state index contributed by atoms with van der Waals surface area (Å²) in [5.41, 5.74) is 7.49. The normalized spacial score (nSPS) is 14.2. The van der Waals surface area contributed by atoms with E-state index in [1.807, 2.05) is 36.1 Å². The van der Waals surface area contributed by atoms with Crippen molar-refractivity contribution in [2.75, 3.05) is 5.73 Å². The molecule has 0 atom stereocenters. The molecule has 2 aromatic rings. The van der Waals surface area contributed by atoms with Gasteiger partial charge in [0.1, 0.15) is 4.88 Å². The van der Waals surface area contributed by atoms with Gasteiger partial charge in [0.15, 0.2) is 5.13 Å². The van der Waals surface area contributed by atoms with E-state index >= 15 is 0 Å². The molecule has 1 fully saturated rings. The number of nitrogens with zero attached hydrogens (tertiary/aromatic N) is 2. The number of benzene rings is 1. The van der Waals surface area contributed by atoms with Gasteiger partial charge in [0, 0.05) is 17.6 Å². The molecule has 1 aliphatic rings. The Bertz CT molecular complexity index is 664. The van der Waals surface area contributed by atoms with E-state index in [9.17, 15) is 4.79 Å². The summed E-state index contributed by atoms with van der Waals surface area (Å²) in [6.45, 7) is 2.42. The van der Waals surface area contributed by atoms with Crippen molar-refractivity contribution in [3.05, 3.63) is 45.4 Å². The molecule has 0 saturated heterocycles. The number of amides is 1. The van der Waals surface area contributed by atoms with Gasteiger partial charge in [-0.3, -0.25) is 4.79 Å². The molecule has 1 aliphatic carbocycles. The maximum atomic E-state index is 12.7. The van der Waals surface area contributed by atoms with Crippen molar-refractivity contribution >= 4 is 34.0 Å². The van der Waals surface area contributed by atoms with E-state index in [4.69, 9.17) is 17.3 Å². The van der Waals surface area contributed by atoms with E-state index in [1.54, 1.807) is 0 Å². The van der Waals surface area contributed by atoms with Gasteiger partial charge in [0.25, 0.3) is 5.91 Å². The third kappa shape index (κ3) is 3.19. The molecule has 1 aromatic carbocycles. The average molecular weight is 322 g/mol. The Morgan fingerprint density at radius 3 is 2.62 bits per heavy atom. The number of hydrogen-bond acceptors (Lipinski definition) is 4. The predicted octanol–water partition coefficient (Wildman–Crippen LogP) is 3.49. The summed E-state index contributed by atoms with van der Waals surface area (Å²) in [7, 11) is 0. The van der Waals surface area contributed by atoms with Crippen molar-refractivity contribution in [2.24, 2.45) is 0 Å². The molecule has 0 radical (unpaired) electrons. The third-order valence-electron chi connectivity index (χ3n) is 3.52. The highest BCUT2D eigenvalue weighted by molar-refractivity contribution is 7.17. The minimum absolute atomic E-state index is 0.0270. The summed E-state index contributed by atoms with van der Waals surface area (Å²) >= 11 is 7.17. The molecule has 2 N–H and O–H groups in total. The second kappa shape index (κ2) is 5.66. The molecule has 0 spiro atoms. The van der Waals surface area contributed by atoms with Crippen LogP contribution in [0.1, 0.15) is 33.8 Å². The van der Waals surface area contributed by atoms with Gasteiger partial charge in [-0.15, -0.1) is 0 Å². The predicted molar refractivity (Wildman–Crippen MR) is 85.6 cm³/mol. The summed E-state index contributed by atoms with van der Waals surface area (Å²) in [4.78, 5) is 19.5. The molecular weight excluding hydrogens is 306 g/mol. The molecule has 0 aliphatic heterocycles. The lowest BCUT2D eigenvalue weighted by Crippen LogP contribution is -2.32. The van der Waals surface area contributed by atoms with Crippen LogP contribution < -0.4 is 5.73 Å². The second-order valence-electron chi connectivity index (χ2n) is 5.26. The first-order chi connectivity index (χ1) is 10.0. The quantitative estimate of drug-likeness (QED) is 0.937. The van der Waals surface area contributed by atoms with Gasteiger partial charge < -0.3 is 10.6 Å². The molecule has 21 heavy (non-hydrogen) atoms. The highest BCUT2D eigenvalue weighted by Crippen LogP contribution is 2.32. The Labute approximate surface area is 132 Å². The number of carbonyl (C=O) groups excluding carboxylic acids is 1. The average Bonchev–Trinajstić information content (AvgIpc) is 3.22. The zero-order valence-electron chi connectivity index (χ0n) is 11.7. The maximum absolute atomic E-state index is 12.7. The zero-order valence-corrected chi connectivity index (χ0v) is 13.2. The van der Waals surface area contributed by atoms with E-state index in [2.05, 4.69) is 4.98 Å². The van der Waals surface area contributed by atoms with Crippen LogP contribution in [0.2, 0.25) is 5.02 Å². The molecule has 1 aromatic heterocycles. The molecule has 0 bridgehead atoms. The monoisotopic (exact) mass is 321 g/mol. The van der Waals surface area contributed by atoms with Crippen LogP contribution in [0.3, 0.4) is 0 Å². The molecular formula is C15H16ClN3OS. The number of thiazole rings is 1. The van der Waals surface area contributed by atoms with Crippen LogP contribution in [0.25, 0.3) is 0 Å². The minimum atomic E-state index is 0.0270. The van der Waals surface area contributed by atoms with E-state index < -0.39 is 0 Å². The van der Waals surface area contributed by atoms with Crippen LogP contribution >= 0.6 is 22.9 Å². The van der Waals surface area contributed by atoms with Crippen LogP contribution in [0.15, 0.2) is 24.3 Å². The molecule has 1 saturated carbocycles. The fourth-order valence-corrected chi connectivity index (χ4v) is 3.20. The van der Waals surface area contributed by atoms with Crippen LogP contribution in [0.4, 0.5) is 5.13 Å². The number of nitrogen functional groups attached to an aromatic ring is 1. The van der Waals surface area contributed by atoms with Crippen molar-refractivity contribution in [2.45, 2.75) is 32.4 Å². The molecule has 110 valence electrons. The number of rotatable bonds is 4. The first kappa shape index (κ1) is 14.4. The van der Waals surface area contributed by atoms with Crippen LogP contribution in [-0.4, -0.2) is 21.8 Å². The molecule has 1 amide bonds. The topological polar surface area (TPSA) is 59.2 Å². The van der Waals surface area contributed by atoms with E-state index in [-0.39, 0.29) is 5.91 Å². The van der Waals surface area contributed by atoms with Gasteiger partial charge in [0.2, 0.25) is 0 Å². The van der Waals surface area contributed by atoms with Crippen molar-refractivity contribution in [3.8, 4) is 0 Å². The van der Waals surface area contributed by atoms with Gasteiger partial charge in [-0.1, -0.05) is 35.1 Å². The largest absolute Gasteiger partial charge is 0.375 e. The molecule has 6 heteroatoms. The van der Waals surface area contributed by atoms with E-state index in [0.29, 0.717) is 33.3 Å². The Balaban J connectivity index is 1.83. The van der Waals surface area contributed by atoms with Gasteiger partial charge in [0.05, 0.1) is 5.69 Å². The number of halogens is 1. The Morgan fingerprint density at radius 2 is 2.10 bits per heavy atom. The Morgan fingerprint density at radius 1 is 1.43 bits per heavy atom. The lowest BCUT2D eigenvalue weighted by Gasteiger charge is -2.22. The fraction of sp³-hybridized carbons (Fsp3) is 0.333. The summed E-state index contributed by atoms with van der Waals surface area (Å²) in [5.74, 6) is 0.0270. The van der Waals surface area contributed by atoms with E-state index in [0.717, 1.165) is 18.4 Å². The number of anilines is 1. The highest BCUT2D eigenvalue weighted by atomic mass is 35.5. The zero-order chi connectivity index (χ0) is 15.0. The summed E-state index contributed by atoms with van der Waals surface area (Å²) in [6.07, 6.45) is 2.12. The van der Waals surface area contributed by atoms with Gasteiger partial charge in [-0.05, 0) is 37.5 Å². The minimum Gasteiger partial charge on any atom is -0.375 e. The number of aromatic nitrogens is 1. The molecule has 3 rings (SSSR count). The summed E-state index contributed by atoms with van der Waals surface area (Å²) < 4.78 is 0. The van der Waals surface area contributed by atoms with Crippen LogP contribution in [0, 0.1) is 6.92 Å². The number of nitrogens with two attached hydrogens (primary N) is 1. The van der Waals surface area contributed by atoms with Gasteiger partial charge in [-0.2, -0.15) is 0 Å². The smallest absolute Gasteiger partial charge is 0.266 e. The Hall–Kier alpha value is -1.59. The maximum Gasteiger partial charge on any atom is 0.266 e. The number of aryl methyl sites for hydroxylation is 1. The van der Waals surface area contributed by atoms with Crippen molar-refractivity contribution in [1.29, 1.82) is 0 Å². The molecule has 1 heterocycles. The molecule has 0 unspecified atom stereocenters. The van der Waals surface area contributed by atoms with Crippen LogP contribution in [-0.2, 0) is 6.54 Å².